The Morgan fingerprint density at radius 3 is 1.96 bits per heavy atom. The maximum Gasteiger partial charge on any atom is 0.331 e. The Balaban J connectivity index is 2.44. The van der Waals surface area contributed by atoms with E-state index in [1.807, 2.05) is 60.7 Å². The van der Waals surface area contributed by atoms with Crippen LogP contribution in [-0.4, -0.2) is 29.9 Å². The number of benzene rings is 2. The summed E-state index contributed by atoms with van der Waals surface area (Å²) in [6.45, 7) is 7.62. The summed E-state index contributed by atoms with van der Waals surface area (Å²) in [6.07, 6.45) is 2.97. The Hall–Kier alpha value is -3.14. The molecule has 0 unspecified atom stereocenters. The molecule has 2 aromatic rings. The van der Waals surface area contributed by atoms with Crippen molar-refractivity contribution in [2.75, 3.05) is 13.2 Å². The largest absolute Gasteiger partial charge is 0.463 e. The monoisotopic (exact) mass is 363 g/mol. The summed E-state index contributed by atoms with van der Waals surface area (Å²) in [5.41, 5.74) is 2.62. The molecule has 4 nitrogen and oxygen atoms in total. The zero-order chi connectivity index (χ0) is 19.6. The van der Waals surface area contributed by atoms with Gasteiger partial charge in [-0.1, -0.05) is 73.3 Å². The maximum atomic E-state index is 12.5. The van der Waals surface area contributed by atoms with E-state index in [0.29, 0.717) is 12.2 Å². The van der Waals surface area contributed by atoms with Gasteiger partial charge in [0.1, 0.15) is 0 Å². The van der Waals surface area contributed by atoms with Crippen molar-refractivity contribution in [1.82, 2.24) is 4.90 Å². The van der Waals surface area contributed by atoms with E-state index in [0.717, 1.165) is 11.1 Å². The van der Waals surface area contributed by atoms with Crippen molar-refractivity contribution in [1.29, 1.82) is 0 Å². The van der Waals surface area contributed by atoms with E-state index < -0.39 is 5.97 Å². The van der Waals surface area contributed by atoms with Crippen molar-refractivity contribution in [3.8, 4) is 0 Å². The lowest BCUT2D eigenvalue weighted by Gasteiger charge is -2.32. The zero-order valence-electron chi connectivity index (χ0n) is 15.8. The molecule has 0 saturated heterocycles. The molecule has 0 aliphatic heterocycles. The lowest BCUT2D eigenvalue weighted by Crippen LogP contribution is -2.35. The second kappa shape index (κ2) is 10.1. The van der Waals surface area contributed by atoms with Crippen molar-refractivity contribution in [2.45, 2.75) is 19.9 Å². The number of esters is 1. The van der Waals surface area contributed by atoms with Crippen LogP contribution in [0.2, 0.25) is 0 Å². The third kappa shape index (κ3) is 5.68. The third-order valence-corrected chi connectivity index (χ3v) is 4.15. The Morgan fingerprint density at radius 1 is 1.04 bits per heavy atom. The molecule has 27 heavy (non-hydrogen) atoms. The van der Waals surface area contributed by atoms with E-state index in [9.17, 15) is 9.59 Å². The molecule has 0 radical (unpaired) electrons. The van der Waals surface area contributed by atoms with Gasteiger partial charge in [0.05, 0.1) is 12.6 Å². The molecule has 0 aromatic heterocycles. The van der Waals surface area contributed by atoms with E-state index in [-0.39, 0.29) is 18.5 Å². The minimum absolute atomic E-state index is 0.0932. The van der Waals surface area contributed by atoms with Crippen LogP contribution < -0.4 is 0 Å². The van der Waals surface area contributed by atoms with E-state index in [1.165, 1.54) is 13.0 Å². The van der Waals surface area contributed by atoms with Gasteiger partial charge >= 0.3 is 5.97 Å². The molecule has 140 valence electrons. The predicted molar refractivity (Wildman–Crippen MR) is 107 cm³/mol. The lowest BCUT2D eigenvalue weighted by atomic mass is 9.96. The average molecular weight is 363 g/mol. The molecular formula is C23H25NO3. The van der Waals surface area contributed by atoms with Crippen molar-refractivity contribution in [2.24, 2.45) is 0 Å². The molecule has 4 heteroatoms. The molecule has 0 fully saturated rings. The van der Waals surface area contributed by atoms with Crippen molar-refractivity contribution < 1.29 is 14.3 Å². The molecule has 0 N–H and O–H groups in total. The quantitative estimate of drug-likeness (QED) is 0.399. The van der Waals surface area contributed by atoms with Crippen LogP contribution in [0.25, 0.3) is 0 Å². The topological polar surface area (TPSA) is 46.6 Å². The highest BCUT2D eigenvalue weighted by atomic mass is 16.5. The van der Waals surface area contributed by atoms with Gasteiger partial charge in [-0.15, -0.1) is 0 Å². The number of carbonyl (C=O) groups excluding carboxylic acids is 2. The SMILES string of the molecule is C=C/C(=C\C(=O)OCC)CN(C(C)=O)C(c1ccccc1)c1ccccc1. The van der Waals surface area contributed by atoms with Crippen LogP contribution in [0.3, 0.4) is 0 Å². The van der Waals surface area contributed by atoms with Crippen LogP contribution >= 0.6 is 0 Å². The summed E-state index contributed by atoms with van der Waals surface area (Å²) in [5.74, 6) is -0.531. The highest BCUT2D eigenvalue weighted by Gasteiger charge is 2.25. The summed E-state index contributed by atoms with van der Waals surface area (Å²) in [5, 5.41) is 0. The Labute approximate surface area is 160 Å². The molecular weight excluding hydrogens is 338 g/mol. The summed E-state index contributed by atoms with van der Waals surface area (Å²) in [7, 11) is 0. The molecule has 2 rings (SSSR count). The first-order valence-corrected chi connectivity index (χ1v) is 8.93. The molecule has 0 heterocycles. The minimum Gasteiger partial charge on any atom is -0.463 e. The first kappa shape index (κ1) is 20.2. The Morgan fingerprint density at radius 2 is 1.56 bits per heavy atom. The second-order valence-electron chi connectivity index (χ2n) is 6.05. The highest BCUT2D eigenvalue weighted by molar-refractivity contribution is 5.83. The average Bonchev–Trinajstić information content (AvgIpc) is 2.68. The van der Waals surface area contributed by atoms with Gasteiger partial charge < -0.3 is 9.64 Å². The van der Waals surface area contributed by atoms with Gasteiger partial charge in [-0.05, 0) is 23.6 Å². The molecule has 1 amide bonds. The predicted octanol–water partition coefficient (Wildman–Crippen LogP) is 4.30. The number of carbonyl (C=O) groups is 2. The van der Waals surface area contributed by atoms with Gasteiger partial charge in [0.15, 0.2) is 0 Å². The number of rotatable bonds is 8. The van der Waals surface area contributed by atoms with Crippen LogP contribution in [0.1, 0.15) is 31.0 Å². The normalized spacial score (nSPS) is 11.1. The molecule has 0 saturated carbocycles. The Kier molecular flexibility index (Phi) is 7.56. The summed E-state index contributed by atoms with van der Waals surface area (Å²) < 4.78 is 4.98. The maximum absolute atomic E-state index is 12.5. The smallest absolute Gasteiger partial charge is 0.331 e. The molecule has 0 aliphatic carbocycles. The summed E-state index contributed by atoms with van der Waals surface area (Å²) in [4.78, 5) is 26.1. The number of ether oxygens (including phenoxy) is 1. The third-order valence-electron chi connectivity index (χ3n) is 4.15. The van der Waals surface area contributed by atoms with Gasteiger partial charge in [-0.25, -0.2) is 4.79 Å². The summed E-state index contributed by atoms with van der Waals surface area (Å²) in [6, 6.07) is 19.4. The van der Waals surface area contributed by atoms with Gasteiger partial charge in [-0.2, -0.15) is 0 Å². The number of hydrogen-bond donors (Lipinski definition) is 0. The fourth-order valence-electron chi connectivity index (χ4n) is 2.91. The Bertz CT molecular complexity index is 757. The van der Waals surface area contributed by atoms with Gasteiger partial charge in [0, 0.05) is 19.5 Å². The first-order chi connectivity index (χ1) is 13.1. The van der Waals surface area contributed by atoms with Crippen molar-refractivity contribution in [3.05, 3.63) is 96.1 Å². The molecule has 0 bridgehead atoms. The standard InChI is InChI=1S/C23H25NO3/c1-4-19(16-22(26)27-5-2)17-24(18(3)25)23(20-12-8-6-9-13-20)21-14-10-7-11-15-21/h4,6-16,23H,1,5,17H2,2-3H3/b19-16+. The molecule has 0 spiro atoms. The molecule has 0 aliphatic rings. The number of hydrogen-bond acceptors (Lipinski definition) is 3. The van der Waals surface area contributed by atoms with Crippen LogP contribution in [0.4, 0.5) is 0 Å². The van der Waals surface area contributed by atoms with Gasteiger partial charge in [0.2, 0.25) is 5.91 Å². The molecule has 2 aromatic carbocycles. The second-order valence-corrected chi connectivity index (χ2v) is 6.05. The fourth-order valence-corrected chi connectivity index (χ4v) is 2.91. The van der Waals surface area contributed by atoms with Crippen LogP contribution in [0, 0.1) is 0 Å². The fraction of sp³-hybridized carbons (Fsp3) is 0.217. The van der Waals surface area contributed by atoms with E-state index in [1.54, 1.807) is 17.9 Å². The van der Waals surface area contributed by atoms with Crippen LogP contribution in [-0.2, 0) is 14.3 Å². The lowest BCUT2D eigenvalue weighted by molar-refractivity contribution is -0.137. The van der Waals surface area contributed by atoms with E-state index in [4.69, 9.17) is 4.74 Å². The number of nitrogens with zero attached hydrogens (tertiary/aromatic N) is 1. The van der Waals surface area contributed by atoms with Crippen molar-refractivity contribution >= 4 is 11.9 Å². The van der Waals surface area contributed by atoms with E-state index in [2.05, 4.69) is 6.58 Å². The number of amides is 1. The highest BCUT2D eigenvalue weighted by Crippen LogP contribution is 2.29. The summed E-state index contributed by atoms with van der Waals surface area (Å²) >= 11 is 0. The first-order valence-electron chi connectivity index (χ1n) is 8.93. The minimum atomic E-state index is -0.438. The zero-order valence-corrected chi connectivity index (χ0v) is 15.8. The van der Waals surface area contributed by atoms with Crippen LogP contribution in [0.15, 0.2) is 85.0 Å². The van der Waals surface area contributed by atoms with Gasteiger partial charge in [-0.3, -0.25) is 4.79 Å². The van der Waals surface area contributed by atoms with Crippen LogP contribution in [0.5, 0.6) is 0 Å². The van der Waals surface area contributed by atoms with Gasteiger partial charge in [0.25, 0.3) is 0 Å². The molecule has 0 atom stereocenters. The van der Waals surface area contributed by atoms with E-state index >= 15 is 0 Å². The van der Waals surface area contributed by atoms with Crippen molar-refractivity contribution in [3.63, 3.8) is 0 Å².